The first-order chi connectivity index (χ1) is 9.73. The van der Waals surface area contributed by atoms with Crippen LogP contribution in [0.4, 0.5) is 0 Å². The number of ether oxygens (including phenoxy) is 1. The average molecular weight is 405 g/mol. The standard InChI is InChI=1S/C15H20INO4/c1-9(2)17(10(3)4)14(18)8-21-13-6-5-11(16)7-12(13)15(19)20/h5-7,9-10H,8H2,1-4H3,(H,19,20). The van der Waals surface area contributed by atoms with Gasteiger partial charge in [-0.25, -0.2) is 4.79 Å². The van der Waals surface area contributed by atoms with Crippen LogP contribution in [0.3, 0.4) is 0 Å². The maximum atomic E-state index is 12.2. The van der Waals surface area contributed by atoms with Crippen molar-refractivity contribution in [3.8, 4) is 5.75 Å². The van der Waals surface area contributed by atoms with E-state index in [4.69, 9.17) is 9.84 Å². The molecular formula is C15H20INO4. The van der Waals surface area contributed by atoms with E-state index in [9.17, 15) is 9.59 Å². The summed E-state index contributed by atoms with van der Waals surface area (Å²) in [6, 6.07) is 4.97. The van der Waals surface area contributed by atoms with E-state index in [0.717, 1.165) is 3.57 Å². The molecule has 0 fully saturated rings. The van der Waals surface area contributed by atoms with E-state index in [2.05, 4.69) is 0 Å². The summed E-state index contributed by atoms with van der Waals surface area (Å²) in [5.41, 5.74) is 0.0651. The zero-order valence-corrected chi connectivity index (χ0v) is 14.7. The Morgan fingerprint density at radius 3 is 2.29 bits per heavy atom. The summed E-state index contributed by atoms with van der Waals surface area (Å²) in [6.07, 6.45) is 0. The van der Waals surface area contributed by atoms with Gasteiger partial charge in [-0.3, -0.25) is 4.79 Å². The lowest BCUT2D eigenvalue weighted by molar-refractivity contribution is -0.137. The van der Waals surface area contributed by atoms with Gasteiger partial charge < -0.3 is 14.7 Å². The van der Waals surface area contributed by atoms with E-state index in [1.165, 1.54) is 6.07 Å². The Kier molecular flexibility index (Phi) is 6.44. The summed E-state index contributed by atoms with van der Waals surface area (Å²) in [4.78, 5) is 25.1. The predicted octanol–water partition coefficient (Wildman–Crippen LogP) is 3.01. The first-order valence-electron chi connectivity index (χ1n) is 6.70. The van der Waals surface area contributed by atoms with Crippen LogP contribution in [-0.2, 0) is 4.79 Å². The number of carboxylic acid groups (broad SMARTS) is 1. The minimum atomic E-state index is -1.07. The maximum Gasteiger partial charge on any atom is 0.339 e. The van der Waals surface area contributed by atoms with Crippen molar-refractivity contribution in [3.63, 3.8) is 0 Å². The van der Waals surface area contributed by atoms with Crippen molar-refractivity contribution in [1.82, 2.24) is 4.90 Å². The number of amides is 1. The number of carboxylic acids is 1. The molecule has 1 aromatic carbocycles. The van der Waals surface area contributed by atoms with Crippen LogP contribution in [-0.4, -0.2) is 40.6 Å². The zero-order chi connectivity index (χ0) is 16.2. The third-order valence-electron chi connectivity index (χ3n) is 2.92. The van der Waals surface area contributed by atoms with Gasteiger partial charge in [-0.1, -0.05) is 0 Å². The molecule has 5 nitrogen and oxygen atoms in total. The molecule has 0 aliphatic carbocycles. The molecule has 116 valence electrons. The van der Waals surface area contributed by atoms with Crippen LogP contribution < -0.4 is 4.74 Å². The summed E-state index contributed by atoms with van der Waals surface area (Å²) in [7, 11) is 0. The van der Waals surface area contributed by atoms with Crippen LogP contribution in [0.2, 0.25) is 0 Å². The number of hydrogen-bond donors (Lipinski definition) is 1. The molecule has 21 heavy (non-hydrogen) atoms. The molecule has 0 atom stereocenters. The molecule has 1 aromatic rings. The van der Waals surface area contributed by atoms with Crippen molar-refractivity contribution in [1.29, 1.82) is 0 Å². The van der Waals surface area contributed by atoms with Crippen molar-refractivity contribution in [2.45, 2.75) is 39.8 Å². The lowest BCUT2D eigenvalue weighted by atomic mass is 10.2. The Hall–Kier alpha value is -1.31. The van der Waals surface area contributed by atoms with Gasteiger partial charge in [0.05, 0.1) is 0 Å². The highest BCUT2D eigenvalue weighted by atomic mass is 127. The van der Waals surface area contributed by atoms with E-state index < -0.39 is 5.97 Å². The second-order valence-corrected chi connectivity index (χ2v) is 6.47. The molecule has 0 bridgehead atoms. The second kappa shape index (κ2) is 7.63. The minimum absolute atomic E-state index is 0.0651. The zero-order valence-electron chi connectivity index (χ0n) is 12.6. The molecule has 0 aliphatic rings. The van der Waals surface area contributed by atoms with Gasteiger partial charge in [0.1, 0.15) is 11.3 Å². The highest BCUT2D eigenvalue weighted by Crippen LogP contribution is 2.21. The molecule has 0 saturated heterocycles. The third kappa shape index (κ3) is 4.87. The quantitative estimate of drug-likeness (QED) is 0.740. The van der Waals surface area contributed by atoms with Gasteiger partial charge in [-0.2, -0.15) is 0 Å². The van der Waals surface area contributed by atoms with Gasteiger partial charge >= 0.3 is 5.97 Å². The lowest BCUT2D eigenvalue weighted by Gasteiger charge is -2.30. The Labute approximate surface area is 138 Å². The highest BCUT2D eigenvalue weighted by molar-refractivity contribution is 14.1. The molecule has 0 aromatic heterocycles. The molecular weight excluding hydrogens is 385 g/mol. The van der Waals surface area contributed by atoms with Crippen molar-refractivity contribution < 1.29 is 19.4 Å². The number of nitrogens with zero attached hydrogens (tertiary/aromatic N) is 1. The van der Waals surface area contributed by atoms with Crippen molar-refractivity contribution in [3.05, 3.63) is 27.3 Å². The molecule has 0 aliphatic heterocycles. The van der Waals surface area contributed by atoms with Gasteiger partial charge in [-0.05, 0) is 68.5 Å². The number of benzene rings is 1. The largest absolute Gasteiger partial charge is 0.483 e. The number of aromatic carboxylic acids is 1. The third-order valence-corrected chi connectivity index (χ3v) is 3.59. The van der Waals surface area contributed by atoms with E-state index in [1.807, 2.05) is 50.3 Å². The van der Waals surface area contributed by atoms with E-state index in [0.29, 0.717) is 0 Å². The second-order valence-electron chi connectivity index (χ2n) is 5.22. The number of carbonyl (C=O) groups is 2. The van der Waals surface area contributed by atoms with Crippen LogP contribution in [0.25, 0.3) is 0 Å². The van der Waals surface area contributed by atoms with Crippen LogP contribution in [0.1, 0.15) is 38.1 Å². The first kappa shape index (κ1) is 17.7. The molecule has 0 spiro atoms. The van der Waals surface area contributed by atoms with Crippen molar-refractivity contribution in [2.24, 2.45) is 0 Å². The van der Waals surface area contributed by atoms with E-state index in [1.54, 1.807) is 17.0 Å². The number of rotatable bonds is 6. The molecule has 0 saturated carbocycles. The summed E-state index contributed by atoms with van der Waals surface area (Å²) in [5, 5.41) is 9.16. The molecule has 1 rings (SSSR count). The lowest BCUT2D eigenvalue weighted by Crippen LogP contribution is -2.44. The number of halogens is 1. The fraction of sp³-hybridized carbons (Fsp3) is 0.467. The van der Waals surface area contributed by atoms with Gasteiger partial charge in [0.15, 0.2) is 6.61 Å². The van der Waals surface area contributed by atoms with Crippen molar-refractivity contribution in [2.75, 3.05) is 6.61 Å². The molecule has 0 radical (unpaired) electrons. The molecule has 6 heteroatoms. The van der Waals surface area contributed by atoms with Gasteiger partial charge in [-0.15, -0.1) is 0 Å². The molecule has 0 unspecified atom stereocenters. The summed E-state index contributed by atoms with van der Waals surface area (Å²) in [5.74, 6) is -1.01. The minimum Gasteiger partial charge on any atom is -0.483 e. The summed E-state index contributed by atoms with van der Waals surface area (Å²) in [6.45, 7) is 7.57. The SMILES string of the molecule is CC(C)N(C(=O)COc1ccc(I)cc1C(=O)O)C(C)C. The average Bonchev–Trinajstić information content (AvgIpc) is 2.36. The summed E-state index contributed by atoms with van der Waals surface area (Å²) >= 11 is 2.03. The van der Waals surface area contributed by atoms with Gasteiger partial charge in [0.25, 0.3) is 5.91 Å². The summed E-state index contributed by atoms with van der Waals surface area (Å²) < 4.78 is 6.22. The Bertz CT molecular complexity index is 520. The van der Waals surface area contributed by atoms with E-state index >= 15 is 0 Å². The fourth-order valence-electron chi connectivity index (χ4n) is 2.18. The van der Waals surface area contributed by atoms with Gasteiger partial charge in [0.2, 0.25) is 0 Å². The topological polar surface area (TPSA) is 66.8 Å². The molecule has 1 N–H and O–H groups in total. The molecule has 0 heterocycles. The van der Waals surface area contributed by atoms with Crippen LogP contribution in [0.5, 0.6) is 5.75 Å². The number of hydrogen-bond acceptors (Lipinski definition) is 3. The number of carbonyl (C=O) groups excluding carboxylic acids is 1. The molecule has 1 amide bonds. The van der Waals surface area contributed by atoms with Crippen LogP contribution in [0, 0.1) is 3.57 Å². The Morgan fingerprint density at radius 1 is 1.24 bits per heavy atom. The fourth-order valence-corrected chi connectivity index (χ4v) is 2.67. The smallest absolute Gasteiger partial charge is 0.339 e. The Balaban J connectivity index is 2.84. The van der Waals surface area contributed by atoms with Crippen LogP contribution in [0.15, 0.2) is 18.2 Å². The first-order valence-corrected chi connectivity index (χ1v) is 7.78. The monoisotopic (exact) mass is 405 g/mol. The maximum absolute atomic E-state index is 12.2. The van der Waals surface area contributed by atoms with Gasteiger partial charge in [0, 0.05) is 15.7 Å². The Morgan fingerprint density at radius 2 is 1.81 bits per heavy atom. The highest BCUT2D eigenvalue weighted by Gasteiger charge is 2.21. The predicted molar refractivity (Wildman–Crippen MR) is 88.7 cm³/mol. The normalized spacial score (nSPS) is 10.8. The van der Waals surface area contributed by atoms with Crippen molar-refractivity contribution >= 4 is 34.5 Å². The van der Waals surface area contributed by atoms with E-state index in [-0.39, 0.29) is 35.9 Å². The van der Waals surface area contributed by atoms with Crippen LogP contribution >= 0.6 is 22.6 Å².